The number of aliphatic hydroxyl groups is 1. The Kier molecular flexibility index (Phi) is 4.33. The molecule has 1 aromatic heterocycles. The third-order valence-corrected chi connectivity index (χ3v) is 4.49. The first-order valence-electron chi connectivity index (χ1n) is 7.60. The zero-order valence-corrected chi connectivity index (χ0v) is 13.5. The van der Waals surface area contributed by atoms with Crippen molar-refractivity contribution in [2.45, 2.75) is 46.1 Å². The van der Waals surface area contributed by atoms with Gasteiger partial charge in [0.15, 0.2) is 0 Å². The van der Waals surface area contributed by atoms with Gasteiger partial charge < -0.3 is 10.0 Å². The van der Waals surface area contributed by atoms with Crippen molar-refractivity contribution in [1.29, 1.82) is 0 Å². The van der Waals surface area contributed by atoms with Crippen LogP contribution in [0.3, 0.4) is 0 Å². The van der Waals surface area contributed by atoms with E-state index in [4.69, 9.17) is 0 Å². The topological polar surface area (TPSA) is 66.3 Å². The Bertz CT molecular complexity index is 530. The minimum atomic E-state index is -0.816. The van der Waals surface area contributed by atoms with Crippen LogP contribution >= 0.6 is 0 Å². The Morgan fingerprint density at radius 1 is 1.43 bits per heavy atom. The van der Waals surface area contributed by atoms with Crippen LogP contribution in [0.5, 0.6) is 0 Å². The number of likely N-dealkylation sites (tertiary alicyclic amines) is 1. The number of hydrogen-bond donors (Lipinski definition) is 1. The third kappa shape index (κ3) is 2.93. The molecule has 0 spiro atoms. The Balaban J connectivity index is 2.20. The molecule has 1 saturated heterocycles. The molecule has 116 valence electrons. The lowest BCUT2D eigenvalue weighted by molar-refractivity contribution is -0.0244. The second kappa shape index (κ2) is 5.72. The zero-order valence-electron chi connectivity index (χ0n) is 13.5. The Morgan fingerprint density at radius 3 is 2.62 bits per heavy atom. The first-order chi connectivity index (χ1) is 9.75. The quantitative estimate of drug-likeness (QED) is 0.926. The molecule has 2 heterocycles. The highest BCUT2D eigenvalue weighted by Gasteiger charge is 2.46. The number of β-amino-alcohol motifs (C(OH)–C–C–N with tert-alkyl or cyclic N) is 1. The van der Waals surface area contributed by atoms with E-state index < -0.39 is 5.60 Å². The summed E-state index contributed by atoms with van der Waals surface area (Å²) in [6.07, 6.45) is 1.63. The number of hydrogen-bond acceptors (Lipinski definition) is 4. The van der Waals surface area contributed by atoms with Gasteiger partial charge in [-0.05, 0) is 12.0 Å². The maximum Gasteiger partial charge on any atom is 0.272 e. The van der Waals surface area contributed by atoms with Gasteiger partial charge in [-0.3, -0.25) is 4.79 Å². The minimum Gasteiger partial charge on any atom is -0.387 e. The maximum atomic E-state index is 12.6. The summed E-state index contributed by atoms with van der Waals surface area (Å²) in [5, 5.41) is 10.7. The summed E-state index contributed by atoms with van der Waals surface area (Å²) < 4.78 is 0. The third-order valence-electron chi connectivity index (χ3n) is 4.49. The number of aromatic nitrogens is 2. The first-order valence-corrected chi connectivity index (χ1v) is 7.60. The highest BCUT2D eigenvalue weighted by atomic mass is 16.3. The molecule has 5 nitrogen and oxygen atoms in total. The van der Waals surface area contributed by atoms with E-state index in [0.717, 1.165) is 0 Å². The molecule has 0 saturated carbocycles. The largest absolute Gasteiger partial charge is 0.387 e. The van der Waals surface area contributed by atoms with Crippen molar-refractivity contribution in [3.8, 4) is 0 Å². The molecule has 2 rings (SSSR count). The molecular formula is C16H25N3O2. The van der Waals surface area contributed by atoms with Crippen molar-refractivity contribution < 1.29 is 9.90 Å². The van der Waals surface area contributed by atoms with E-state index in [1.54, 1.807) is 17.2 Å². The van der Waals surface area contributed by atoms with E-state index in [9.17, 15) is 9.90 Å². The van der Waals surface area contributed by atoms with E-state index in [2.05, 4.69) is 9.97 Å². The average molecular weight is 291 g/mol. The van der Waals surface area contributed by atoms with Gasteiger partial charge in [-0.15, -0.1) is 0 Å². The van der Waals surface area contributed by atoms with E-state index in [-0.39, 0.29) is 23.7 Å². The lowest BCUT2D eigenvalue weighted by atomic mass is 9.82. The fourth-order valence-electron chi connectivity index (χ4n) is 2.85. The smallest absolute Gasteiger partial charge is 0.272 e. The lowest BCUT2D eigenvalue weighted by Crippen LogP contribution is -2.43. The van der Waals surface area contributed by atoms with Gasteiger partial charge in [0, 0.05) is 24.6 Å². The highest BCUT2D eigenvalue weighted by molar-refractivity contribution is 5.92. The molecule has 1 fully saturated rings. The van der Waals surface area contributed by atoms with Crippen molar-refractivity contribution in [3.05, 3.63) is 23.8 Å². The van der Waals surface area contributed by atoms with Gasteiger partial charge in [0.1, 0.15) is 11.5 Å². The molecule has 1 N–H and O–H groups in total. The van der Waals surface area contributed by atoms with Crippen molar-refractivity contribution in [2.75, 3.05) is 13.1 Å². The summed E-state index contributed by atoms with van der Waals surface area (Å²) in [4.78, 5) is 22.8. The number of rotatable bonds is 3. The molecule has 0 radical (unpaired) electrons. The predicted octanol–water partition coefficient (Wildman–Crippen LogP) is 2.08. The monoisotopic (exact) mass is 291 g/mol. The number of amides is 1. The van der Waals surface area contributed by atoms with Gasteiger partial charge in [-0.1, -0.05) is 34.6 Å². The van der Waals surface area contributed by atoms with Crippen LogP contribution in [0, 0.1) is 11.8 Å². The second-order valence-electron chi connectivity index (χ2n) is 6.69. The van der Waals surface area contributed by atoms with Crippen molar-refractivity contribution >= 4 is 5.91 Å². The number of nitrogens with zero attached hydrogens (tertiary/aromatic N) is 3. The van der Waals surface area contributed by atoms with Crippen LogP contribution in [-0.2, 0) is 0 Å². The molecule has 0 aliphatic carbocycles. The van der Waals surface area contributed by atoms with Crippen LogP contribution in [-0.4, -0.2) is 44.6 Å². The van der Waals surface area contributed by atoms with Gasteiger partial charge >= 0.3 is 0 Å². The maximum absolute atomic E-state index is 12.6. The lowest BCUT2D eigenvalue weighted by Gasteiger charge is -2.30. The van der Waals surface area contributed by atoms with Crippen molar-refractivity contribution in [2.24, 2.45) is 11.8 Å². The second-order valence-corrected chi connectivity index (χ2v) is 6.69. The fraction of sp³-hybridized carbons (Fsp3) is 0.688. The van der Waals surface area contributed by atoms with Crippen LogP contribution in [0.1, 0.15) is 56.8 Å². The van der Waals surface area contributed by atoms with Crippen LogP contribution in [0.15, 0.2) is 12.3 Å². The van der Waals surface area contributed by atoms with Gasteiger partial charge in [-0.2, -0.15) is 0 Å². The first kappa shape index (κ1) is 15.9. The zero-order chi connectivity index (χ0) is 15.8. The molecule has 1 aromatic rings. The number of carbonyl (C=O) groups excluding carboxylic acids is 1. The van der Waals surface area contributed by atoms with Gasteiger partial charge in [0.25, 0.3) is 5.91 Å². The van der Waals surface area contributed by atoms with E-state index in [1.165, 1.54) is 0 Å². The Labute approximate surface area is 126 Å². The Morgan fingerprint density at radius 2 is 2.10 bits per heavy atom. The van der Waals surface area contributed by atoms with Crippen LogP contribution in [0.2, 0.25) is 0 Å². The SMILES string of the molecule is CC(C)c1nccc(C(=O)N2C[C@@H](C)[C@](O)(C(C)C)C2)n1. The van der Waals surface area contributed by atoms with Gasteiger partial charge in [-0.25, -0.2) is 9.97 Å². The van der Waals surface area contributed by atoms with E-state index >= 15 is 0 Å². The minimum absolute atomic E-state index is 0.0628. The predicted molar refractivity (Wildman–Crippen MR) is 81.0 cm³/mol. The normalized spacial score (nSPS) is 25.9. The summed E-state index contributed by atoms with van der Waals surface area (Å²) in [5.41, 5.74) is -0.405. The van der Waals surface area contributed by atoms with Crippen molar-refractivity contribution in [3.63, 3.8) is 0 Å². The molecule has 0 unspecified atom stereocenters. The fourth-order valence-corrected chi connectivity index (χ4v) is 2.85. The Hall–Kier alpha value is -1.49. The highest BCUT2D eigenvalue weighted by Crippen LogP contribution is 2.34. The van der Waals surface area contributed by atoms with E-state index in [1.807, 2.05) is 34.6 Å². The molecule has 5 heteroatoms. The molecule has 1 amide bonds. The molecular weight excluding hydrogens is 266 g/mol. The number of carbonyl (C=O) groups is 1. The van der Waals surface area contributed by atoms with Gasteiger partial charge in [0.05, 0.1) is 12.1 Å². The standard InChI is InChI=1S/C16H25N3O2/c1-10(2)14-17-7-6-13(18-14)15(20)19-8-12(5)16(21,9-19)11(3)4/h6-7,10-12,21H,8-9H2,1-5H3/t12-,16-/m1/s1. The molecule has 21 heavy (non-hydrogen) atoms. The summed E-state index contributed by atoms with van der Waals surface area (Å²) in [5.74, 6) is 0.910. The average Bonchev–Trinajstić information content (AvgIpc) is 2.75. The molecule has 1 aliphatic rings. The molecule has 1 aliphatic heterocycles. The van der Waals surface area contributed by atoms with Gasteiger partial charge in [0.2, 0.25) is 0 Å². The molecule has 0 aromatic carbocycles. The molecule has 2 atom stereocenters. The van der Waals surface area contributed by atoms with Crippen LogP contribution in [0.25, 0.3) is 0 Å². The molecule has 0 bridgehead atoms. The summed E-state index contributed by atoms with van der Waals surface area (Å²) in [6, 6.07) is 1.64. The summed E-state index contributed by atoms with van der Waals surface area (Å²) in [6.45, 7) is 10.9. The van der Waals surface area contributed by atoms with Crippen molar-refractivity contribution in [1.82, 2.24) is 14.9 Å². The summed E-state index contributed by atoms with van der Waals surface area (Å²) in [7, 11) is 0. The van der Waals surface area contributed by atoms with Crippen LogP contribution in [0.4, 0.5) is 0 Å². The summed E-state index contributed by atoms with van der Waals surface area (Å²) >= 11 is 0. The van der Waals surface area contributed by atoms with E-state index in [0.29, 0.717) is 24.6 Å². The van der Waals surface area contributed by atoms with Crippen LogP contribution < -0.4 is 0 Å².